The van der Waals surface area contributed by atoms with E-state index in [1.54, 1.807) is 12.1 Å². The second-order valence-electron chi connectivity index (χ2n) is 7.01. The zero-order chi connectivity index (χ0) is 20.8. The van der Waals surface area contributed by atoms with Gasteiger partial charge in [0.15, 0.2) is 5.76 Å². The predicted octanol–water partition coefficient (Wildman–Crippen LogP) is 4.61. The van der Waals surface area contributed by atoms with Crippen LogP contribution in [0.4, 0.5) is 0 Å². The quantitative estimate of drug-likeness (QED) is 0.588. The number of carbonyl (C=O) groups is 1. The van der Waals surface area contributed by atoms with Gasteiger partial charge in [-0.15, -0.1) is 0 Å². The molecule has 3 aromatic rings. The molecule has 0 unspecified atom stereocenters. The molecule has 5 nitrogen and oxygen atoms in total. The summed E-state index contributed by atoms with van der Waals surface area (Å²) in [5.74, 6) is 1.46. The van der Waals surface area contributed by atoms with Gasteiger partial charge in [-0.1, -0.05) is 30.3 Å². The van der Waals surface area contributed by atoms with Crippen LogP contribution in [0.5, 0.6) is 5.75 Å². The minimum atomic E-state index is -1.22. The highest BCUT2D eigenvalue weighted by atomic mass is 32.2. The van der Waals surface area contributed by atoms with Crippen LogP contribution in [0.15, 0.2) is 70.0 Å². The highest BCUT2D eigenvalue weighted by Gasteiger charge is 2.14. The Morgan fingerprint density at radius 2 is 1.79 bits per heavy atom. The Morgan fingerprint density at radius 3 is 2.48 bits per heavy atom. The number of furan rings is 1. The van der Waals surface area contributed by atoms with E-state index in [1.807, 2.05) is 69.3 Å². The second-order valence-corrected chi connectivity index (χ2v) is 8.43. The van der Waals surface area contributed by atoms with Gasteiger partial charge >= 0.3 is 0 Å². The minimum absolute atomic E-state index is 0.119. The van der Waals surface area contributed by atoms with Gasteiger partial charge in [-0.05, 0) is 62.2 Å². The molecule has 1 heterocycles. The molecule has 0 saturated carbocycles. The molecule has 0 radical (unpaired) electrons. The molecule has 1 amide bonds. The number of carbonyl (C=O) groups excluding carboxylic acids is 1. The summed E-state index contributed by atoms with van der Waals surface area (Å²) in [5, 5.41) is 2.83. The van der Waals surface area contributed by atoms with Crippen LogP contribution in [-0.4, -0.2) is 16.2 Å². The Balaban J connectivity index is 1.55. The zero-order valence-electron chi connectivity index (χ0n) is 16.8. The van der Waals surface area contributed by atoms with E-state index in [0.29, 0.717) is 12.3 Å². The Kier molecular flexibility index (Phi) is 6.88. The first-order valence-corrected chi connectivity index (χ1v) is 10.8. The first kappa shape index (κ1) is 20.9. The van der Waals surface area contributed by atoms with Crippen LogP contribution in [0.2, 0.25) is 0 Å². The minimum Gasteiger partial charge on any atom is -0.491 e. The maximum absolute atomic E-state index is 12.6. The fourth-order valence-electron chi connectivity index (χ4n) is 2.82. The van der Waals surface area contributed by atoms with Crippen molar-refractivity contribution in [1.29, 1.82) is 0 Å². The van der Waals surface area contributed by atoms with Crippen molar-refractivity contribution in [2.75, 3.05) is 0 Å². The van der Waals surface area contributed by atoms with Crippen LogP contribution < -0.4 is 10.1 Å². The summed E-state index contributed by atoms with van der Waals surface area (Å²) in [4.78, 5) is 13.1. The van der Waals surface area contributed by atoms with E-state index in [9.17, 15) is 9.00 Å². The molecule has 0 aliphatic heterocycles. The van der Waals surface area contributed by atoms with Gasteiger partial charge in [0.1, 0.15) is 11.5 Å². The summed E-state index contributed by atoms with van der Waals surface area (Å²) in [6.07, 6.45) is 0.119. The van der Waals surface area contributed by atoms with Crippen LogP contribution in [0, 0.1) is 6.92 Å². The lowest BCUT2D eigenvalue weighted by Gasteiger charge is -2.10. The highest BCUT2D eigenvalue weighted by Crippen LogP contribution is 2.18. The molecule has 0 aliphatic carbocycles. The van der Waals surface area contributed by atoms with Crippen molar-refractivity contribution in [2.24, 2.45) is 0 Å². The topological polar surface area (TPSA) is 68.5 Å². The number of aryl methyl sites for hydroxylation is 1. The van der Waals surface area contributed by atoms with E-state index in [1.165, 1.54) is 0 Å². The molecule has 0 bridgehead atoms. The standard InChI is InChI=1S/C23H25NO4S/c1-16(2)27-19-10-8-18(9-11-19)14-24-23(25)21-13-12-20(28-21)15-29(26)22-7-5-4-6-17(22)3/h4-13,16H,14-15H2,1-3H3,(H,24,25)/t29-/m1/s1. The van der Waals surface area contributed by atoms with Crippen molar-refractivity contribution in [3.8, 4) is 5.75 Å². The van der Waals surface area contributed by atoms with E-state index in [-0.39, 0.29) is 23.5 Å². The summed E-state index contributed by atoms with van der Waals surface area (Å²) < 4.78 is 23.8. The Labute approximate surface area is 173 Å². The molecule has 6 heteroatoms. The maximum Gasteiger partial charge on any atom is 0.287 e. The molecule has 0 fully saturated rings. The first-order chi connectivity index (χ1) is 13.9. The van der Waals surface area contributed by atoms with Crippen molar-refractivity contribution in [2.45, 2.75) is 44.1 Å². The van der Waals surface area contributed by atoms with E-state index >= 15 is 0 Å². The molecule has 2 aromatic carbocycles. The van der Waals surface area contributed by atoms with E-state index < -0.39 is 10.8 Å². The second kappa shape index (κ2) is 9.56. The predicted molar refractivity (Wildman–Crippen MR) is 113 cm³/mol. The van der Waals surface area contributed by atoms with Gasteiger partial charge in [0, 0.05) is 11.4 Å². The maximum atomic E-state index is 12.6. The molecule has 152 valence electrons. The third kappa shape index (κ3) is 5.81. The Morgan fingerprint density at radius 1 is 1.07 bits per heavy atom. The normalized spacial score (nSPS) is 12.0. The zero-order valence-corrected chi connectivity index (χ0v) is 17.6. The van der Waals surface area contributed by atoms with Crippen molar-refractivity contribution < 1.29 is 18.2 Å². The number of nitrogens with one attached hydrogen (secondary N) is 1. The molecular weight excluding hydrogens is 386 g/mol. The van der Waals surface area contributed by atoms with Gasteiger partial charge in [0.25, 0.3) is 5.91 Å². The third-order valence-corrected chi connectivity index (χ3v) is 5.74. The summed E-state index contributed by atoms with van der Waals surface area (Å²) in [6, 6.07) is 18.4. The van der Waals surface area contributed by atoms with Gasteiger partial charge in [-0.2, -0.15) is 0 Å². The average Bonchev–Trinajstić information content (AvgIpc) is 3.15. The summed E-state index contributed by atoms with van der Waals surface area (Å²) >= 11 is 0. The fourth-order valence-corrected chi connectivity index (χ4v) is 4.05. The van der Waals surface area contributed by atoms with Crippen molar-refractivity contribution >= 4 is 16.7 Å². The Hall–Kier alpha value is -2.86. The molecule has 1 atom stereocenters. The van der Waals surface area contributed by atoms with Crippen molar-refractivity contribution in [1.82, 2.24) is 5.32 Å². The van der Waals surface area contributed by atoms with E-state index in [4.69, 9.17) is 9.15 Å². The lowest BCUT2D eigenvalue weighted by Crippen LogP contribution is -2.22. The molecule has 0 saturated heterocycles. The van der Waals surface area contributed by atoms with Gasteiger partial charge in [0.2, 0.25) is 0 Å². The van der Waals surface area contributed by atoms with Gasteiger partial charge < -0.3 is 14.5 Å². The SMILES string of the molecule is Cc1ccccc1[S@](=O)Cc1ccc(C(=O)NCc2ccc(OC(C)C)cc2)o1. The van der Waals surface area contributed by atoms with Gasteiger partial charge in [-0.25, -0.2) is 0 Å². The fraction of sp³-hybridized carbons (Fsp3) is 0.261. The van der Waals surface area contributed by atoms with E-state index in [0.717, 1.165) is 21.8 Å². The largest absolute Gasteiger partial charge is 0.491 e. The molecule has 1 N–H and O–H groups in total. The lowest BCUT2D eigenvalue weighted by molar-refractivity contribution is 0.0921. The average molecular weight is 412 g/mol. The summed E-state index contributed by atoms with van der Waals surface area (Å²) in [6.45, 7) is 6.26. The monoisotopic (exact) mass is 411 g/mol. The first-order valence-electron chi connectivity index (χ1n) is 9.49. The third-order valence-electron chi connectivity index (χ3n) is 4.25. The van der Waals surface area contributed by atoms with E-state index in [2.05, 4.69) is 5.32 Å². The van der Waals surface area contributed by atoms with Crippen molar-refractivity contribution in [3.63, 3.8) is 0 Å². The summed E-state index contributed by atoms with van der Waals surface area (Å²) in [7, 11) is -1.22. The highest BCUT2D eigenvalue weighted by molar-refractivity contribution is 7.84. The molecular formula is C23H25NO4S. The molecule has 0 aliphatic rings. The lowest BCUT2D eigenvalue weighted by atomic mass is 10.2. The van der Waals surface area contributed by atoms with Crippen molar-refractivity contribution in [3.05, 3.63) is 83.3 Å². The smallest absolute Gasteiger partial charge is 0.287 e. The Bertz CT molecular complexity index is 992. The molecule has 3 rings (SSSR count). The molecule has 29 heavy (non-hydrogen) atoms. The number of benzene rings is 2. The van der Waals surface area contributed by atoms with Gasteiger partial charge in [0.05, 0.1) is 22.7 Å². The number of hydrogen-bond donors (Lipinski definition) is 1. The molecule has 1 aromatic heterocycles. The molecule has 0 spiro atoms. The number of amides is 1. The van der Waals surface area contributed by atoms with Crippen LogP contribution in [0.25, 0.3) is 0 Å². The van der Waals surface area contributed by atoms with Crippen LogP contribution in [-0.2, 0) is 23.1 Å². The van der Waals surface area contributed by atoms with Gasteiger partial charge in [-0.3, -0.25) is 9.00 Å². The number of ether oxygens (including phenoxy) is 1. The number of rotatable bonds is 8. The summed E-state index contributed by atoms with van der Waals surface area (Å²) in [5.41, 5.74) is 1.93. The van der Waals surface area contributed by atoms with Crippen LogP contribution in [0.3, 0.4) is 0 Å². The number of hydrogen-bond acceptors (Lipinski definition) is 4. The van der Waals surface area contributed by atoms with Crippen LogP contribution in [0.1, 0.15) is 41.3 Å². The van der Waals surface area contributed by atoms with Crippen LogP contribution >= 0.6 is 0 Å².